The van der Waals surface area contributed by atoms with Crippen LogP contribution in [0.1, 0.15) is 69.4 Å². The number of aryl methyl sites for hydroxylation is 1. The van der Waals surface area contributed by atoms with Crippen LogP contribution in [-0.4, -0.2) is 12.6 Å². The highest BCUT2D eigenvalue weighted by molar-refractivity contribution is 5.28. The summed E-state index contributed by atoms with van der Waals surface area (Å²) < 4.78 is 0. The van der Waals surface area contributed by atoms with Crippen molar-refractivity contribution in [2.75, 3.05) is 6.54 Å². The van der Waals surface area contributed by atoms with Gasteiger partial charge in [-0.3, -0.25) is 0 Å². The van der Waals surface area contributed by atoms with Gasteiger partial charge in [-0.1, -0.05) is 57.4 Å². The molecule has 1 nitrogen and oxygen atoms in total. The van der Waals surface area contributed by atoms with Gasteiger partial charge in [-0.25, -0.2) is 0 Å². The molecule has 2 atom stereocenters. The first-order valence-electron chi connectivity index (χ1n) is 8.17. The molecular weight excluding hydrogens is 230 g/mol. The van der Waals surface area contributed by atoms with E-state index in [2.05, 4.69) is 43.4 Å². The van der Waals surface area contributed by atoms with E-state index < -0.39 is 0 Å². The van der Waals surface area contributed by atoms with Crippen molar-refractivity contribution in [1.29, 1.82) is 0 Å². The smallest absolute Gasteiger partial charge is 0.0136 e. The van der Waals surface area contributed by atoms with Crippen LogP contribution < -0.4 is 5.32 Å². The number of rotatable bonds is 5. The lowest BCUT2D eigenvalue weighted by atomic mass is 9.86. The Morgan fingerprint density at radius 2 is 1.95 bits per heavy atom. The molecule has 1 saturated carbocycles. The third-order valence-corrected chi connectivity index (χ3v) is 4.46. The van der Waals surface area contributed by atoms with Gasteiger partial charge < -0.3 is 5.32 Å². The molecule has 1 heteroatoms. The Labute approximate surface area is 118 Å². The fraction of sp³-hybridized carbons (Fsp3) is 0.667. The van der Waals surface area contributed by atoms with Gasteiger partial charge in [-0.05, 0) is 49.3 Å². The Morgan fingerprint density at radius 3 is 2.74 bits per heavy atom. The van der Waals surface area contributed by atoms with Crippen molar-refractivity contribution in [3.05, 3.63) is 35.4 Å². The van der Waals surface area contributed by atoms with Crippen molar-refractivity contribution >= 4 is 0 Å². The average Bonchev–Trinajstić information content (AvgIpc) is 2.70. The van der Waals surface area contributed by atoms with Crippen LogP contribution in [0, 0.1) is 0 Å². The fourth-order valence-corrected chi connectivity index (χ4v) is 3.32. The molecule has 2 rings (SSSR count). The maximum Gasteiger partial charge on any atom is 0.0136 e. The van der Waals surface area contributed by atoms with Gasteiger partial charge in [0.15, 0.2) is 0 Å². The maximum atomic E-state index is 3.80. The lowest BCUT2D eigenvalue weighted by Crippen LogP contribution is -2.34. The first-order chi connectivity index (χ1) is 9.35. The van der Waals surface area contributed by atoms with Gasteiger partial charge in [-0.15, -0.1) is 0 Å². The van der Waals surface area contributed by atoms with Crippen LogP contribution in [0.4, 0.5) is 0 Å². The van der Waals surface area contributed by atoms with Crippen LogP contribution in [0.15, 0.2) is 24.3 Å². The van der Waals surface area contributed by atoms with E-state index in [9.17, 15) is 0 Å². The van der Waals surface area contributed by atoms with E-state index in [4.69, 9.17) is 0 Å². The summed E-state index contributed by atoms with van der Waals surface area (Å²) in [7, 11) is 0. The van der Waals surface area contributed by atoms with Crippen LogP contribution in [-0.2, 0) is 6.42 Å². The predicted molar refractivity (Wildman–Crippen MR) is 83.7 cm³/mol. The van der Waals surface area contributed by atoms with E-state index in [0.29, 0.717) is 6.04 Å². The second kappa shape index (κ2) is 7.69. The predicted octanol–water partition coefficient (Wildman–Crippen LogP) is 4.66. The molecule has 1 aromatic carbocycles. The van der Waals surface area contributed by atoms with E-state index in [1.807, 2.05) is 0 Å². The minimum Gasteiger partial charge on any atom is -0.313 e. The van der Waals surface area contributed by atoms with Gasteiger partial charge >= 0.3 is 0 Å². The monoisotopic (exact) mass is 259 g/mol. The van der Waals surface area contributed by atoms with Crippen LogP contribution in [0.25, 0.3) is 0 Å². The van der Waals surface area contributed by atoms with Crippen molar-refractivity contribution < 1.29 is 0 Å². The van der Waals surface area contributed by atoms with Crippen molar-refractivity contribution in [2.45, 2.75) is 70.8 Å². The van der Waals surface area contributed by atoms with Gasteiger partial charge in [0.2, 0.25) is 0 Å². The zero-order valence-electron chi connectivity index (χ0n) is 12.6. The summed E-state index contributed by atoms with van der Waals surface area (Å²) in [4.78, 5) is 0. The molecular formula is C18H29N. The number of hydrogen-bond acceptors (Lipinski definition) is 1. The van der Waals surface area contributed by atoms with E-state index in [-0.39, 0.29) is 0 Å². The van der Waals surface area contributed by atoms with Gasteiger partial charge in [0.05, 0.1) is 0 Å². The Morgan fingerprint density at radius 1 is 1.11 bits per heavy atom. The summed E-state index contributed by atoms with van der Waals surface area (Å²) >= 11 is 0. The first kappa shape index (κ1) is 14.6. The summed E-state index contributed by atoms with van der Waals surface area (Å²) in [6.07, 6.45) is 9.28. The molecule has 1 aromatic rings. The second-order valence-electron chi connectivity index (χ2n) is 5.90. The highest BCUT2D eigenvalue weighted by Gasteiger charge is 2.24. The summed E-state index contributed by atoms with van der Waals surface area (Å²) in [5, 5.41) is 3.80. The Hall–Kier alpha value is -0.820. The fourth-order valence-electron chi connectivity index (χ4n) is 3.32. The Balaban J connectivity index is 2.15. The zero-order chi connectivity index (χ0) is 13.5. The molecule has 106 valence electrons. The first-order valence-corrected chi connectivity index (χ1v) is 8.17. The van der Waals surface area contributed by atoms with Crippen LogP contribution in [0.5, 0.6) is 0 Å². The zero-order valence-corrected chi connectivity index (χ0v) is 12.6. The number of nitrogens with one attached hydrogen (secondary N) is 1. The van der Waals surface area contributed by atoms with E-state index in [0.717, 1.165) is 18.9 Å². The molecule has 0 aromatic heterocycles. The molecule has 0 bridgehead atoms. The molecule has 1 N–H and O–H groups in total. The van der Waals surface area contributed by atoms with Gasteiger partial charge in [-0.2, -0.15) is 0 Å². The molecule has 1 aliphatic rings. The quantitative estimate of drug-likeness (QED) is 0.758. The molecule has 0 spiro atoms. The van der Waals surface area contributed by atoms with Crippen molar-refractivity contribution in [3.8, 4) is 0 Å². The third kappa shape index (κ3) is 4.07. The van der Waals surface area contributed by atoms with Crippen molar-refractivity contribution in [1.82, 2.24) is 5.32 Å². The molecule has 1 fully saturated rings. The van der Waals surface area contributed by atoms with Crippen molar-refractivity contribution in [3.63, 3.8) is 0 Å². The van der Waals surface area contributed by atoms with Crippen molar-refractivity contribution in [2.24, 2.45) is 0 Å². The normalized spacial score (nSPS) is 24.1. The molecule has 0 radical (unpaired) electrons. The van der Waals surface area contributed by atoms with Crippen LogP contribution >= 0.6 is 0 Å². The minimum absolute atomic E-state index is 0.689. The SMILES string of the molecule is CCCNC1CCCCCC1c1cccc(CC)c1. The topological polar surface area (TPSA) is 12.0 Å². The lowest BCUT2D eigenvalue weighted by molar-refractivity contribution is 0.411. The second-order valence-corrected chi connectivity index (χ2v) is 5.90. The third-order valence-electron chi connectivity index (χ3n) is 4.46. The van der Waals surface area contributed by atoms with Gasteiger partial charge in [0, 0.05) is 6.04 Å². The highest BCUT2D eigenvalue weighted by atomic mass is 14.9. The minimum atomic E-state index is 0.689. The largest absolute Gasteiger partial charge is 0.313 e. The van der Waals surface area contributed by atoms with Crippen LogP contribution in [0.3, 0.4) is 0 Å². The number of hydrogen-bond donors (Lipinski definition) is 1. The van der Waals surface area contributed by atoms with Gasteiger partial charge in [0.1, 0.15) is 0 Å². The highest BCUT2D eigenvalue weighted by Crippen LogP contribution is 2.32. The Kier molecular flexibility index (Phi) is 5.91. The van der Waals surface area contributed by atoms with E-state index in [1.165, 1.54) is 44.1 Å². The number of benzene rings is 1. The Bertz CT molecular complexity index is 372. The molecule has 0 aliphatic heterocycles. The molecule has 19 heavy (non-hydrogen) atoms. The summed E-state index contributed by atoms with van der Waals surface area (Å²) in [6, 6.07) is 9.98. The standard InChI is InChI=1S/C18H29N/c1-3-13-19-18-12-7-5-6-11-17(18)16-10-8-9-15(4-2)14-16/h8-10,14,17-19H,3-7,11-13H2,1-2H3. The molecule has 0 heterocycles. The molecule has 2 unspecified atom stereocenters. The van der Waals surface area contributed by atoms with E-state index >= 15 is 0 Å². The van der Waals surface area contributed by atoms with E-state index in [1.54, 1.807) is 5.56 Å². The summed E-state index contributed by atoms with van der Waals surface area (Å²) in [5.41, 5.74) is 3.05. The van der Waals surface area contributed by atoms with Crippen LogP contribution in [0.2, 0.25) is 0 Å². The lowest BCUT2D eigenvalue weighted by Gasteiger charge is -2.27. The summed E-state index contributed by atoms with van der Waals surface area (Å²) in [6.45, 7) is 5.67. The molecule has 1 aliphatic carbocycles. The maximum absolute atomic E-state index is 3.80. The molecule has 0 amide bonds. The molecule has 0 saturated heterocycles. The van der Waals surface area contributed by atoms with Gasteiger partial charge in [0.25, 0.3) is 0 Å². The summed E-state index contributed by atoms with van der Waals surface area (Å²) in [5.74, 6) is 0.723. The average molecular weight is 259 g/mol.